The van der Waals surface area contributed by atoms with E-state index in [-0.39, 0.29) is 39.6 Å². The van der Waals surface area contributed by atoms with Crippen molar-refractivity contribution in [1.29, 1.82) is 0 Å². The van der Waals surface area contributed by atoms with Crippen LogP contribution in [0.15, 0.2) is 30.6 Å². The summed E-state index contributed by atoms with van der Waals surface area (Å²) in [7, 11) is -3.15. The molecule has 0 radical (unpaired) electrons. The second-order valence-electron chi connectivity index (χ2n) is 8.15. The number of imidazole rings is 1. The molecular formula is C20H18ClF3N4O5S. The third-order valence-electron chi connectivity index (χ3n) is 4.93. The largest absolute Gasteiger partial charge is 0.478 e. The van der Waals surface area contributed by atoms with Gasteiger partial charge in [-0.1, -0.05) is 11.6 Å². The molecule has 1 aliphatic rings. The standard InChI is InChI=1S/C20H18ClF3N4O5S/c1-11-16(17(29)27-19(2)9-34(30,31)10-19)26-15-4-3-13(7-28(11)15)33-18-14(5-12(21)6-25-18)32-8-20(22,23)24/h3-7H,8-10H2,1-2H3,(H,27,29). The van der Waals surface area contributed by atoms with E-state index in [4.69, 9.17) is 21.1 Å². The average Bonchev–Trinajstić information content (AvgIpc) is 3.02. The molecule has 3 aromatic rings. The normalized spacial score (nSPS) is 16.6. The summed E-state index contributed by atoms with van der Waals surface area (Å²) in [5, 5.41) is 2.77. The zero-order chi connectivity index (χ0) is 24.9. The maximum atomic E-state index is 12.7. The summed E-state index contributed by atoms with van der Waals surface area (Å²) in [5.74, 6) is -1.17. The van der Waals surface area contributed by atoms with Gasteiger partial charge in [-0.25, -0.2) is 18.4 Å². The van der Waals surface area contributed by atoms with E-state index in [0.717, 1.165) is 6.07 Å². The number of sulfone groups is 1. The fourth-order valence-electron chi connectivity index (χ4n) is 3.61. The number of alkyl halides is 3. The van der Waals surface area contributed by atoms with E-state index in [2.05, 4.69) is 15.3 Å². The lowest BCUT2D eigenvalue weighted by molar-refractivity contribution is -0.153. The van der Waals surface area contributed by atoms with Crippen LogP contribution in [0.5, 0.6) is 17.4 Å². The number of pyridine rings is 2. The number of hydrogen-bond acceptors (Lipinski definition) is 7. The highest BCUT2D eigenvalue weighted by Gasteiger charge is 2.46. The van der Waals surface area contributed by atoms with Gasteiger partial charge in [-0.3, -0.25) is 9.20 Å². The molecule has 4 heterocycles. The number of carbonyl (C=O) groups is 1. The van der Waals surface area contributed by atoms with E-state index in [1.54, 1.807) is 24.3 Å². The Hall–Kier alpha value is -3.06. The molecule has 0 unspecified atom stereocenters. The van der Waals surface area contributed by atoms with Gasteiger partial charge in [0.15, 0.2) is 22.2 Å². The summed E-state index contributed by atoms with van der Waals surface area (Å²) in [5.41, 5.74) is 0.0845. The molecule has 1 N–H and O–H groups in total. The van der Waals surface area contributed by atoms with Crippen LogP contribution in [0.3, 0.4) is 0 Å². The minimum atomic E-state index is -4.57. The number of hydrogen-bond donors (Lipinski definition) is 1. The topological polar surface area (TPSA) is 112 Å². The Balaban J connectivity index is 1.57. The first kappa shape index (κ1) is 24.1. The number of fused-ring (bicyclic) bond motifs is 1. The Morgan fingerprint density at radius 1 is 1.32 bits per heavy atom. The molecule has 9 nitrogen and oxygen atoms in total. The first-order chi connectivity index (χ1) is 15.7. The number of aromatic nitrogens is 3. The lowest BCUT2D eigenvalue weighted by atomic mass is 10.1. The van der Waals surface area contributed by atoms with Crippen molar-refractivity contribution in [1.82, 2.24) is 19.7 Å². The summed E-state index contributed by atoms with van der Waals surface area (Å²) < 4.78 is 72.6. The van der Waals surface area contributed by atoms with Crippen molar-refractivity contribution in [3.05, 3.63) is 47.0 Å². The van der Waals surface area contributed by atoms with E-state index in [9.17, 15) is 26.4 Å². The quantitative estimate of drug-likeness (QED) is 0.532. The molecule has 0 aromatic carbocycles. The van der Waals surface area contributed by atoms with Crippen molar-refractivity contribution in [2.75, 3.05) is 18.1 Å². The number of aryl methyl sites for hydroxylation is 1. The van der Waals surface area contributed by atoms with Crippen LogP contribution < -0.4 is 14.8 Å². The number of carbonyl (C=O) groups excluding carboxylic acids is 1. The molecule has 182 valence electrons. The van der Waals surface area contributed by atoms with Crippen LogP contribution in [0.1, 0.15) is 23.1 Å². The fourth-order valence-corrected chi connectivity index (χ4v) is 5.76. The molecule has 14 heteroatoms. The van der Waals surface area contributed by atoms with Crippen LogP contribution >= 0.6 is 11.6 Å². The van der Waals surface area contributed by atoms with Crippen molar-refractivity contribution in [2.45, 2.75) is 25.6 Å². The number of nitrogens with one attached hydrogen (secondary N) is 1. The molecule has 1 saturated heterocycles. The Morgan fingerprint density at radius 2 is 2.03 bits per heavy atom. The van der Waals surface area contributed by atoms with Gasteiger partial charge in [0, 0.05) is 12.3 Å². The van der Waals surface area contributed by atoms with Gasteiger partial charge < -0.3 is 14.8 Å². The third kappa shape index (κ3) is 5.20. The van der Waals surface area contributed by atoms with Crippen molar-refractivity contribution in [2.24, 2.45) is 0 Å². The second kappa shape index (κ2) is 8.31. The average molecular weight is 519 g/mol. The Kier molecular flexibility index (Phi) is 5.88. The Morgan fingerprint density at radius 3 is 2.68 bits per heavy atom. The fraction of sp³-hybridized carbons (Fsp3) is 0.350. The highest BCUT2D eigenvalue weighted by molar-refractivity contribution is 7.93. The van der Waals surface area contributed by atoms with Crippen LogP contribution in [-0.2, 0) is 9.84 Å². The van der Waals surface area contributed by atoms with Crippen LogP contribution in [-0.4, -0.2) is 58.5 Å². The first-order valence-corrected chi connectivity index (χ1v) is 12.0. The molecule has 0 aliphatic carbocycles. The van der Waals surface area contributed by atoms with Gasteiger partial charge in [0.2, 0.25) is 0 Å². The molecule has 0 spiro atoms. The van der Waals surface area contributed by atoms with Crippen molar-refractivity contribution in [3.8, 4) is 17.4 Å². The summed E-state index contributed by atoms with van der Waals surface area (Å²) in [4.78, 5) is 20.9. The molecule has 3 aromatic heterocycles. The number of rotatable bonds is 6. The van der Waals surface area contributed by atoms with Crippen LogP contribution in [0, 0.1) is 6.92 Å². The predicted octanol–water partition coefficient (Wildman–Crippen LogP) is 3.34. The molecule has 34 heavy (non-hydrogen) atoms. The first-order valence-electron chi connectivity index (χ1n) is 9.78. The highest BCUT2D eigenvalue weighted by atomic mass is 35.5. The minimum absolute atomic E-state index is 0.0639. The van der Waals surface area contributed by atoms with E-state index in [0.29, 0.717) is 11.3 Å². The number of ether oxygens (including phenoxy) is 2. The van der Waals surface area contributed by atoms with Gasteiger partial charge in [-0.05, 0) is 26.0 Å². The second-order valence-corrected chi connectivity index (χ2v) is 10.6. The molecule has 1 aliphatic heterocycles. The van der Waals surface area contributed by atoms with Crippen molar-refractivity contribution in [3.63, 3.8) is 0 Å². The van der Waals surface area contributed by atoms with Crippen molar-refractivity contribution >= 4 is 33.0 Å². The van der Waals surface area contributed by atoms with Gasteiger partial charge >= 0.3 is 6.18 Å². The number of nitrogens with zero attached hydrogens (tertiary/aromatic N) is 3. The van der Waals surface area contributed by atoms with Crippen molar-refractivity contribution < 1.29 is 35.9 Å². The zero-order valence-corrected chi connectivity index (χ0v) is 19.4. The molecule has 0 saturated carbocycles. The highest BCUT2D eigenvalue weighted by Crippen LogP contribution is 2.33. The van der Waals surface area contributed by atoms with E-state index < -0.39 is 34.1 Å². The maximum Gasteiger partial charge on any atom is 0.422 e. The van der Waals surface area contributed by atoms with Crippen LogP contribution in [0.4, 0.5) is 13.2 Å². The van der Waals surface area contributed by atoms with Gasteiger partial charge in [0.05, 0.1) is 34.0 Å². The minimum Gasteiger partial charge on any atom is -0.478 e. The smallest absolute Gasteiger partial charge is 0.422 e. The van der Waals surface area contributed by atoms with Crippen LogP contribution in [0.2, 0.25) is 5.02 Å². The van der Waals surface area contributed by atoms with Gasteiger partial charge in [0.25, 0.3) is 11.8 Å². The van der Waals surface area contributed by atoms with Crippen LogP contribution in [0.25, 0.3) is 5.65 Å². The van der Waals surface area contributed by atoms with E-state index in [1.165, 1.54) is 18.5 Å². The number of halogens is 4. The molecular weight excluding hydrogens is 501 g/mol. The molecule has 1 amide bonds. The summed E-state index contributed by atoms with van der Waals surface area (Å²) in [6, 6.07) is 4.19. The Labute approximate surface area is 196 Å². The summed E-state index contributed by atoms with van der Waals surface area (Å²) >= 11 is 5.81. The lowest BCUT2D eigenvalue weighted by Gasteiger charge is -2.38. The molecule has 0 bridgehead atoms. The van der Waals surface area contributed by atoms with E-state index >= 15 is 0 Å². The summed E-state index contributed by atoms with van der Waals surface area (Å²) in [6.45, 7) is 1.72. The summed E-state index contributed by atoms with van der Waals surface area (Å²) in [6.07, 6.45) is -1.89. The SMILES string of the molecule is Cc1c(C(=O)NC2(C)CS(=O)(=O)C2)nc2ccc(Oc3ncc(Cl)cc3OCC(F)(F)F)cn12. The molecule has 4 rings (SSSR count). The van der Waals surface area contributed by atoms with Gasteiger partial charge in [-0.15, -0.1) is 0 Å². The molecule has 0 atom stereocenters. The van der Waals surface area contributed by atoms with E-state index in [1.807, 2.05) is 0 Å². The Bertz CT molecular complexity index is 1380. The third-order valence-corrected chi connectivity index (χ3v) is 7.29. The number of amides is 1. The predicted molar refractivity (Wildman–Crippen MR) is 115 cm³/mol. The zero-order valence-electron chi connectivity index (χ0n) is 17.8. The van der Waals surface area contributed by atoms with Gasteiger partial charge in [0.1, 0.15) is 17.1 Å². The lowest BCUT2D eigenvalue weighted by Crippen LogP contribution is -2.63. The molecule has 1 fully saturated rings. The van der Waals surface area contributed by atoms with Gasteiger partial charge in [-0.2, -0.15) is 13.2 Å². The maximum absolute atomic E-state index is 12.7. The monoisotopic (exact) mass is 518 g/mol.